The van der Waals surface area contributed by atoms with Crippen LogP contribution in [0.25, 0.3) is 0 Å². The van der Waals surface area contributed by atoms with E-state index in [1.165, 1.54) is 6.07 Å². The maximum Gasteiger partial charge on any atom is 0.147 e. The van der Waals surface area contributed by atoms with Crippen molar-refractivity contribution in [3.63, 3.8) is 0 Å². The monoisotopic (exact) mass is 203 g/mol. The average molecular weight is 203 g/mol. The van der Waals surface area contributed by atoms with E-state index in [1.54, 1.807) is 24.1 Å². The van der Waals surface area contributed by atoms with Crippen LogP contribution in [-0.4, -0.2) is 13.6 Å². The Balaban J connectivity index is 2.87. The van der Waals surface area contributed by atoms with E-state index in [0.29, 0.717) is 24.2 Å². The molecule has 1 aromatic rings. The summed E-state index contributed by atoms with van der Waals surface area (Å²) < 4.78 is 13.4. The van der Waals surface area contributed by atoms with Gasteiger partial charge in [0, 0.05) is 13.6 Å². The molecule has 0 aliphatic carbocycles. The van der Waals surface area contributed by atoms with E-state index in [9.17, 15) is 4.39 Å². The minimum Gasteiger partial charge on any atom is -0.371 e. The van der Waals surface area contributed by atoms with Crippen LogP contribution < -0.4 is 4.90 Å². The maximum atomic E-state index is 13.4. The van der Waals surface area contributed by atoms with Gasteiger partial charge in [-0.3, -0.25) is 0 Å². The van der Waals surface area contributed by atoms with Crippen LogP contribution in [-0.2, 0) is 0 Å². The fourth-order valence-corrected chi connectivity index (χ4v) is 1.22. The number of nitriles is 2. The Morgan fingerprint density at radius 3 is 2.67 bits per heavy atom. The van der Waals surface area contributed by atoms with Gasteiger partial charge in [-0.05, 0) is 18.2 Å². The van der Waals surface area contributed by atoms with E-state index in [-0.39, 0.29) is 0 Å². The van der Waals surface area contributed by atoms with Gasteiger partial charge in [0.15, 0.2) is 0 Å². The number of halogens is 1. The molecule has 0 saturated heterocycles. The van der Waals surface area contributed by atoms with E-state index in [0.717, 1.165) is 0 Å². The molecule has 3 nitrogen and oxygen atoms in total. The lowest BCUT2D eigenvalue weighted by atomic mass is 10.2. The van der Waals surface area contributed by atoms with E-state index in [1.807, 2.05) is 12.1 Å². The minimum absolute atomic E-state index is 0.296. The predicted octanol–water partition coefficient (Wildman–Crippen LogP) is 2.05. The highest BCUT2D eigenvalue weighted by Gasteiger charge is 2.07. The fourth-order valence-electron chi connectivity index (χ4n) is 1.22. The summed E-state index contributed by atoms with van der Waals surface area (Å²) in [6, 6.07) is 8.16. The van der Waals surface area contributed by atoms with Gasteiger partial charge in [0.2, 0.25) is 0 Å². The van der Waals surface area contributed by atoms with Gasteiger partial charge >= 0.3 is 0 Å². The van der Waals surface area contributed by atoms with Crippen molar-refractivity contribution in [3.05, 3.63) is 29.6 Å². The summed E-state index contributed by atoms with van der Waals surface area (Å²) in [5.74, 6) is -0.436. The Morgan fingerprint density at radius 2 is 2.13 bits per heavy atom. The molecule has 0 amide bonds. The van der Waals surface area contributed by atoms with Gasteiger partial charge in [0.1, 0.15) is 5.82 Å². The number of hydrogen-bond acceptors (Lipinski definition) is 3. The average Bonchev–Trinajstić information content (AvgIpc) is 2.25. The van der Waals surface area contributed by atoms with Crippen LogP contribution in [0.4, 0.5) is 10.1 Å². The first-order valence-corrected chi connectivity index (χ1v) is 4.46. The van der Waals surface area contributed by atoms with Crippen LogP contribution in [0.2, 0.25) is 0 Å². The number of rotatable bonds is 3. The second-order valence-electron chi connectivity index (χ2n) is 3.11. The second-order valence-corrected chi connectivity index (χ2v) is 3.11. The van der Waals surface area contributed by atoms with Crippen LogP contribution in [0.5, 0.6) is 0 Å². The van der Waals surface area contributed by atoms with Crippen molar-refractivity contribution in [3.8, 4) is 12.1 Å². The molecule has 1 rings (SSSR count). The zero-order valence-corrected chi connectivity index (χ0v) is 8.37. The van der Waals surface area contributed by atoms with Crippen LogP contribution >= 0.6 is 0 Å². The standard InChI is InChI=1S/C11H10FN3/c1-15(6-2-5-13)11-4-3-9(8-14)7-10(11)12/h3-4,7H,2,6H2,1H3. The summed E-state index contributed by atoms with van der Waals surface area (Å²) in [6.07, 6.45) is 0.343. The molecule has 0 spiro atoms. The summed E-state index contributed by atoms with van der Waals surface area (Å²) in [6.45, 7) is 0.472. The molecule has 0 N–H and O–H groups in total. The van der Waals surface area contributed by atoms with Crippen LogP contribution in [0.3, 0.4) is 0 Å². The third kappa shape index (κ3) is 2.69. The zero-order chi connectivity index (χ0) is 11.3. The molecule has 0 unspecified atom stereocenters. The molecule has 0 fully saturated rings. The van der Waals surface area contributed by atoms with E-state index < -0.39 is 5.82 Å². The van der Waals surface area contributed by atoms with Gasteiger partial charge in [-0.25, -0.2) is 4.39 Å². The normalized spacial score (nSPS) is 9.07. The molecule has 1 aromatic carbocycles. The molecule has 0 radical (unpaired) electrons. The van der Waals surface area contributed by atoms with Crippen molar-refractivity contribution in [1.29, 1.82) is 10.5 Å². The van der Waals surface area contributed by atoms with E-state index >= 15 is 0 Å². The molecule has 0 heterocycles. The topological polar surface area (TPSA) is 50.8 Å². The highest BCUT2D eigenvalue weighted by Crippen LogP contribution is 2.19. The molecule has 0 aliphatic rings. The van der Waals surface area contributed by atoms with Gasteiger partial charge in [0.25, 0.3) is 0 Å². The first-order chi connectivity index (χ1) is 7.19. The second kappa shape index (κ2) is 4.97. The Labute approximate surface area is 88.0 Å². The maximum absolute atomic E-state index is 13.4. The van der Waals surface area contributed by atoms with Crippen molar-refractivity contribution in [2.45, 2.75) is 6.42 Å². The lowest BCUT2D eigenvalue weighted by molar-refractivity contribution is 0.622. The largest absolute Gasteiger partial charge is 0.371 e. The molecule has 0 aliphatic heterocycles. The van der Waals surface area contributed by atoms with Crippen molar-refractivity contribution in [2.75, 3.05) is 18.5 Å². The van der Waals surface area contributed by atoms with Crippen LogP contribution in [0.15, 0.2) is 18.2 Å². The molecule has 0 bridgehead atoms. The first-order valence-electron chi connectivity index (χ1n) is 4.46. The third-order valence-electron chi connectivity index (χ3n) is 2.05. The molecule has 0 saturated carbocycles. The van der Waals surface area contributed by atoms with Gasteiger partial charge in [-0.15, -0.1) is 0 Å². The Kier molecular flexibility index (Phi) is 3.65. The third-order valence-corrected chi connectivity index (χ3v) is 2.05. The first kappa shape index (κ1) is 11.0. The molecular weight excluding hydrogens is 193 g/mol. The molecule has 0 aromatic heterocycles. The van der Waals surface area contributed by atoms with Gasteiger partial charge in [-0.1, -0.05) is 0 Å². The minimum atomic E-state index is -0.436. The van der Waals surface area contributed by atoms with E-state index in [4.69, 9.17) is 10.5 Å². The predicted molar refractivity (Wildman–Crippen MR) is 54.6 cm³/mol. The smallest absolute Gasteiger partial charge is 0.147 e. The number of nitrogens with zero attached hydrogens (tertiary/aromatic N) is 3. The SMILES string of the molecule is CN(CCC#N)c1ccc(C#N)cc1F. The molecular formula is C11H10FN3. The van der Waals surface area contributed by atoms with Crippen molar-refractivity contribution in [1.82, 2.24) is 0 Å². The Hall–Kier alpha value is -2.07. The lowest BCUT2D eigenvalue weighted by Crippen LogP contribution is -2.19. The molecule has 76 valence electrons. The zero-order valence-electron chi connectivity index (χ0n) is 8.37. The van der Waals surface area contributed by atoms with Crippen molar-refractivity contribution >= 4 is 5.69 Å². The Bertz CT molecular complexity index is 428. The van der Waals surface area contributed by atoms with Crippen molar-refractivity contribution in [2.24, 2.45) is 0 Å². The summed E-state index contributed by atoms with van der Waals surface area (Å²) in [7, 11) is 1.71. The van der Waals surface area contributed by atoms with E-state index in [2.05, 4.69) is 0 Å². The Morgan fingerprint density at radius 1 is 1.40 bits per heavy atom. The van der Waals surface area contributed by atoms with Crippen molar-refractivity contribution < 1.29 is 4.39 Å². The summed E-state index contributed by atoms with van der Waals surface area (Å²) in [5.41, 5.74) is 0.703. The number of benzene rings is 1. The summed E-state index contributed by atoms with van der Waals surface area (Å²) in [4.78, 5) is 1.65. The summed E-state index contributed by atoms with van der Waals surface area (Å²) >= 11 is 0. The number of hydrogen-bond donors (Lipinski definition) is 0. The highest BCUT2D eigenvalue weighted by atomic mass is 19.1. The van der Waals surface area contributed by atoms with Gasteiger partial charge < -0.3 is 4.90 Å². The summed E-state index contributed by atoms with van der Waals surface area (Å²) in [5, 5.41) is 17.0. The number of anilines is 1. The molecule has 15 heavy (non-hydrogen) atoms. The fraction of sp³-hybridized carbons (Fsp3) is 0.273. The van der Waals surface area contributed by atoms with Gasteiger partial charge in [0.05, 0.1) is 29.8 Å². The highest BCUT2D eigenvalue weighted by molar-refractivity contribution is 5.50. The van der Waals surface area contributed by atoms with Crippen LogP contribution in [0.1, 0.15) is 12.0 Å². The molecule has 4 heteroatoms. The van der Waals surface area contributed by atoms with Crippen LogP contribution in [0, 0.1) is 28.5 Å². The molecule has 0 atom stereocenters. The lowest BCUT2D eigenvalue weighted by Gasteiger charge is -2.18. The quantitative estimate of drug-likeness (QED) is 0.755. The van der Waals surface area contributed by atoms with Gasteiger partial charge in [-0.2, -0.15) is 10.5 Å².